The van der Waals surface area contributed by atoms with Crippen molar-refractivity contribution in [3.8, 4) is 5.75 Å². The molecular weight excluding hydrogens is 330 g/mol. The molecule has 1 amide bonds. The standard InChI is InChI=1S/C18H24ClNO4/c1-12-5-3-4-6-15(12)20-17(21)10-24-18(22)11-23-16-8-7-14(19)9-13(16)2/h7-9,12,15H,3-6,10-11H2,1-2H3,(H,20,21). The lowest BCUT2D eigenvalue weighted by Gasteiger charge is -2.29. The highest BCUT2D eigenvalue weighted by Crippen LogP contribution is 2.23. The largest absolute Gasteiger partial charge is 0.482 e. The molecule has 132 valence electrons. The summed E-state index contributed by atoms with van der Waals surface area (Å²) in [7, 11) is 0. The number of carbonyl (C=O) groups is 2. The van der Waals surface area contributed by atoms with Gasteiger partial charge in [-0.15, -0.1) is 0 Å². The Kier molecular flexibility index (Phi) is 6.91. The molecule has 6 heteroatoms. The molecule has 1 aromatic rings. The fourth-order valence-electron chi connectivity index (χ4n) is 2.88. The predicted octanol–water partition coefficient (Wildman–Crippen LogP) is 3.27. The van der Waals surface area contributed by atoms with E-state index in [0.29, 0.717) is 16.7 Å². The van der Waals surface area contributed by atoms with Gasteiger partial charge in [-0.25, -0.2) is 4.79 Å². The summed E-state index contributed by atoms with van der Waals surface area (Å²) >= 11 is 5.86. The topological polar surface area (TPSA) is 64.6 Å². The van der Waals surface area contributed by atoms with Gasteiger partial charge in [0.25, 0.3) is 5.91 Å². The summed E-state index contributed by atoms with van der Waals surface area (Å²) in [6.07, 6.45) is 4.45. The molecule has 5 nitrogen and oxygen atoms in total. The minimum Gasteiger partial charge on any atom is -0.482 e. The van der Waals surface area contributed by atoms with Crippen LogP contribution in [0.5, 0.6) is 5.75 Å². The molecule has 2 rings (SSSR count). The fraction of sp³-hybridized carbons (Fsp3) is 0.556. The summed E-state index contributed by atoms with van der Waals surface area (Å²) in [6.45, 7) is 3.46. The summed E-state index contributed by atoms with van der Waals surface area (Å²) in [5, 5.41) is 3.55. The normalized spacial score (nSPS) is 20.3. The van der Waals surface area contributed by atoms with Crippen LogP contribution in [0.2, 0.25) is 5.02 Å². The van der Waals surface area contributed by atoms with Gasteiger partial charge in [-0.1, -0.05) is 31.4 Å². The number of esters is 1. The van der Waals surface area contributed by atoms with Gasteiger partial charge in [0.15, 0.2) is 13.2 Å². The molecule has 0 saturated heterocycles. The van der Waals surface area contributed by atoms with Crippen LogP contribution in [-0.4, -0.2) is 31.1 Å². The van der Waals surface area contributed by atoms with E-state index in [0.717, 1.165) is 24.8 Å². The lowest BCUT2D eigenvalue weighted by atomic mass is 9.86. The summed E-state index contributed by atoms with van der Waals surface area (Å²) in [6, 6.07) is 5.31. The van der Waals surface area contributed by atoms with E-state index in [1.807, 2.05) is 6.92 Å². The zero-order chi connectivity index (χ0) is 17.5. The van der Waals surface area contributed by atoms with Crippen molar-refractivity contribution >= 4 is 23.5 Å². The van der Waals surface area contributed by atoms with Gasteiger partial charge in [0.2, 0.25) is 0 Å². The molecule has 1 aliphatic carbocycles. The van der Waals surface area contributed by atoms with E-state index >= 15 is 0 Å². The van der Waals surface area contributed by atoms with Crippen LogP contribution in [0.1, 0.15) is 38.2 Å². The van der Waals surface area contributed by atoms with Gasteiger partial charge < -0.3 is 14.8 Å². The van der Waals surface area contributed by atoms with Gasteiger partial charge in [0.1, 0.15) is 5.75 Å². The molecule has 1 aliphatic rings. The maximum atomic E-state index is 11.9. The number of halogens is 1. The summed E-state index contributed by atoms with van der Waals surface area (Å²) in [4.78, 5) is 23.6. The Morgan fingerprint density at radius 3 is 2.71 bits per heavy atom. The zero-order valence-electron chi connectivity index (χ0n) is 14.1. The van der Waals surface area contributed by atoms with E-state index in [4.69, 9.17) is 21.1 Å². The van der Waals surface area contributed by atoms with Crippen molar-refractivity contribution in [2.24, 2.45) is 5.92 Å². The quantitative estimate of drug-likeness (QED) is 0.797. The number of aryl methyl sites for hydroxylation is 1. The Labute approximate surface area is 147 Å². The highest BCUT2D eigenvalue weighted by molar-refractivity contribution is 6.30. The molecule has 0 aromatic heterocycles. The molecule has 0 bridgehead atoms. The first-order chi connectivity index (χ1) is 11.5. The van der Waals surface area contributed by atoms with Crippen LogP contribution >= 0.6 is 11.6 Å². The van der Waals surface area contributed by atoms with Gasteiger partial charge >= 0.3 is 5.97 Å². The van der Waals surface area contributed by atoms with E-state index in [9.17, 15) is 9.59 Å². The Balaban J connectivity index is 1.69. The van der Waals surface area contributed by atoms with Crippen molar-refractivity contribution in [3.05, 3.63) is 28.8 Å². The minimum atomic E-state index is -0.573. The van der Waals surface area contributed by atoms with E-state index < -0.39 is 5.97 Å². The third-order valence-electron chi connectivity index (χ3n) is 4.30. The molecule has 2 unspecified atom stereocenters. The Morgan fingerprint density at radius 1 is 1.25 bits per heavy atom. The van der Waals surface area contributed by atoms with Crippen molar-refractivity contribution in [1.82, 2.24) is 5.32 Å². The average Bonchev–Trinajstić information content (AvgIpc) is 2.54. The first-order valence-electron chi connectivity index (χ1n) is 8.29. The monoisotopic (exact) mass is 353 g/mol. The number of nitrogens with one attached hydrogen (secondary N) is 1. The van der Waals surface area contributed by atoms with Crippen molar-refractivity contribution in [3.63, 3.8) is 0 Å². The van der Waals surface area contributed by atoms with Crippen LogP contribution in [0.3, 0.4) is 0 Å². The molecule has 0 radical (unpaired) electrons. The summed E-state index contributed by atoms with van der Waals surface area (Å²) in [5.74, 6) is 0.201. The Hall–Kier alpha value is -1.75. The van der Waals surface area contributed by atoms with Gasteiger partial charge in [-0.05, 0) is 49.4 Å². The third-order valence-corrected chi connectivity index (χ3v) is 4.54. The zero-order valence-corrected chi connectivity index (χ0v) is 14.9. The predicted molar refractivity (Wildman–Crippen MR) is 92.2 cm³/mol. The third kappa shape index (κ3) is 5.71. The van der Waals surface area contributed by atoms with Crippen LogP contribution < -0.4 is 10.1 Å². The number of amides is 1. The summed E-state index contributed by atoms with van der Waals surface area (Å²) in [5.41, 5.74) is 0.833. The number of carbonyl (C=O) groups excluding carboxylic acids is 2. The maximum Gasteiger partial charge on any atom is 0.344 e. The number of hydrogen-bond acceptors (Lipinski definition) is 4. The lowest BCUT2D eigenvalue weighted by molar-refractivity contribution is -0.150. The van der Waals surface area contributed by atoms with Crippen LogP contribution in [-0.2, 0) is 14.3 Å². The van der Waals surface area contributed by atoms with Gasteiger partial charge in [0.05, 0.1) is 0 Å². The lowest BCUT2D eigenvalue weighted by Crippen LogP contribution is -2.43. The van der Waals surface area contributed by atoms with Crippen LogP contribution in [0.15, 0.2) is 18.2 Å². The van der Waals surface area contributed by atoms with Gasteiger partial charge in [0, 0.05) is 11.1 Å². The molecular formula is C18H24ClNO4. The van der Waals surface area contributed by atoms with Crippen molar-refractivity contribution in [1.29, 1.82) is 0 Å². The molecule has 0 heterocycles. The van der Waals surface area contributed by atoms with Crippen molar-refractivity contribution < 1.29 is 19.1 Å². The highest BCUT2D eigenvalue weighted by atomic mass is 35.5. The van der Waals surface area contributed by atoms with Crippen molar-refractivity contribution in [2.45, 2.75) is 45.6 Å². The smallest absolute Gasteiger partial charge is 0.344 e. The second-order valence-electron chi connectivity index (χ2n) is 6.29. The molecule has 1 N–H and O–H groups in total. The van der Waals surface area contributed by atoms with Crippen LogP contribution in [0, 0.1) is 12.8 Å². The second kappa shape index (κ2) is 8.92. The average molecular weight is 354 g/mol. The van der Waals surface area contributed by atoms with E-state index in [1.165, 1.54) is 6.42 Å². The van der Waals surface area contributed by atoms with Crippen LogP contribution in [0.25, 0.3) is 0 Å². The van der Waals surface area contributed by atoms with E-state index in [2.05, 4.69) is 12.2 Å². The van der Waals surface area contributed by atoms with Crippen molar-refractivity contribution in [2.75, 3.05) is 13.2 Å². The second-order valence-corrected chi connectivity index (χ2v) is 6.73. The first-order valence-corrected chi connectivity index (χ1v) is 8.67. The molecule has 0 spiro atoms. The Morgan fingerprint density at radius 2 is 2.00 bits per heavy atom. The molecule has 0 aliphatic heterocycles. The van der Waals surface area contributed by atoms with Gasteiger partial charge in [-0.3, -0.25) is 4.79 Å². The molecule has 24 heavy (non-hydrogen) atoms. The van der Waals surface area contributed by atoms with E-state index in [-0.39, 0.29) is 25.2 Å². The fourth-order valence-corrected chi connectivity index (χ4v) is 3.10. The van der Waals surface area contributed by atoms with Gasteiger partial charge in [-0.2, -0.15) is 0 Å². The summed E-state index contributed by atoms with van der Waals surface area (Å²) < 4.78 is 10.4. The molecule has 2 atom stereocenters. The maximum absolute atomic E-state index is 11.9. The minimum absolute atomic E-state index is 0.179. The molecule has 1 saturated carbocycles. The van der Waals surface area contributed by atoms with E-state index in [1.54, 1.807) is 18.2 Å². The molecule has 1 fully saturated rings. The number of benzene rings is 1. The SMILES string of the molecule is Cc1cc(Cl)ccc1OCC(=O)OCC(=O)NC1CCCCC1C. The van der Waals surface area contributed by atoms with Crippen LogP contribution in [0.4, 0.5) is 0 Å². The highest BCUT2D eigenvalue weighted by Gasteiger charge is 2.23. The number of rotatable bonds is 6. The Bertz CT molecular complexity index is 590. The molecule has 1 aromatic carbocycles. The first kappa shape index (κ1) is 18.6. The number of hydrogen-bond donors (Lipinski definition) is 1. The number of ether oxygens (including phenoxy) is 2.